The van der Waals surface area contributed by atoms with E-state index in [1.807, 2.05) is 12.1 Å². The first kappa shape index (κ1) is 8.57. The molecule has 1 aliphatic rings. The van der Waals surface area contributed by atoms with E-state index in [1.54, 1.807) is 0 Å². The summed E-state index contributed by atoms with van der Waals surface area (Å²) < 4.78 is 6.63. The maximum atomic E-state index is 5.51. The summed E-state index contributed by atoms with van der Waals surface area (Å²) in [7, 11) is 0. The molecule has 1 atom stereocenters. The molecule has 0 N–H and O–H groups in total. The van der Waals surface area contributed by atoms with Crippen LogP contribution in [0.3, 0.4) is 0 Å². The lowest BCUT2D eigenvalue weighted by molar-refractivity contribution is 0.339. The Balaban J connectivity index is 2.42. The van der Waals surface area contributed by atoms with E-state index in [2.05, 4.69) is 37.9 Å². The van der Waals surface area contributed by atoms with Crippen molar-refractivity contribution >= 4 is 31.9 Å². The fraction of sp³-hybridized carbons (Fsp3) is 0.333. The molecule has 0 saturated carbocycles. The zero-order chi connectivity index (χ0) is 8.55. The van der Waals surface area contributed by atoms with Crippen molar-refractivity contribution in [2.75, 3.05) is 11.9 Å². The Morgan fingerprint density at radius 3 is 3.08 bits per heavy atom. The van der Waals surface area contributed by atoms with Gasteiger partial charge < -0.3 is 4.74 Å². The number of rotatable bonds is 1. The number of alkyl halides is 1. The third kappa shape index (κ3) is 1.40. The summed E-state index contributed by atoms with van der Waals surface area (Å²) in [6, 6.07) is 6.16. The lowest BCUT2D eigenvalue weighted by Crippen LogP contribution is -2.00. The van der Waals surface area contributed by atoms with Crippen molar-refractivity contribution in [3.63, 3.8) is 0 Å². The summed E-state index contributed by atoms with van der Waals surface area (Å²) in [6.45, 7) is 0.803. The first-order valence-corrected chi connectivity index (χ1v) is 5.71. The van der Waals surface area contributed by atoms with E-state index in [0.29, 0.717) is 5.92 Å². The maximum Gasteiger partial charge on any atom is 0.123 e. The van der Waals surface area contributed by atoms with Crippen LogP contribution in [0.25, 0.3) is 0 Å². The Morgan fingerprint density at radius 1 is 1.50 bits per heavy atom. The molecule has 1 aromatic rings. The second kappa shape index (κ2) is 3.38. The standard InChI is InChI=1S/C9H8Br2O/c10-4-6-5-12-9-2-1-7(11)3-8(6)9/h1-3,6H,4-5H2. The fourth-order valence-corrected chi connectivity index (χ4v) is 2.29. The minimum absolute atomic E-state index is 0.512. The topological polar surface area (TPSA) is 9.23 Å². The first-order valence-electron chi connectivity index (χ1n) is 3.79. The molecular formula is C9H8Br2O. The van der Waals surface area contributed by atoms with E-state index in [1.165, 1.54) is 5.56 Å². The Hall–Kier alpha value is -0.0200. The lowest BCUT2D eigenvalue weighted by atomic mass is 10.0. The van der Waals surface area contributed by atoms with Crippen molar-refractivity contribution in [3.8, 4) is 5.75 Å². The molecule has 0 spiro atoms. The van der Waals surface area contributed by atoms with Crippen LogP contribution in [0, 0.1) is 0 Å². The van der Waals surface area contributed by atoms with Gasteiger partial charge in [0.2, 0.25) is 0 Å². The van der Waals surface area contributed by atoms with Gasteiger partial charge >= 0.3 is 0 Å². The van der Waals surface area contributed by atoms with Crippen LogP contribution in [0.4, 0.5) is 0 Å². The molecule has 1 aromatic carbocycles. The average molecular weight is 292 g/mol. The van der Waals surface area contributed by atoms with Crippen molar-refractivity contribution < 1.29 is 4.74 Å². The van der Waals surface area contributed by atoms with Gasteiger partial charge in [-0.25, -0.2) is 0 Å². The van der Waals surface area contributed by atoms with Gasteiger partial charge in [0.05, 0.1) is 6.61 Å². The largest absolute Gasteiger partial charge is 0.493 e. The molecule has 0 saturated heterocycles. The van der Waals surface area contributed by atoms with Crippen LogP contribution in [0.2, 0.25) is 0 Å². The normalized spacial score (nSPS) is 20.3. The summed E-state index contributed by atoms with van der Waals surface area (Å²) in [4.78, 5) is 0. The molecule has 1 nitrogen and oxygen atoms in total. The predicted octanol–water partition coefficient (Wildman–Crippen LogP) is 3.32. The van der Waals surface area contributed by atoms with Crippen LogP contribution in [0.5, 0.6) is 5.75 Å². The van der Waals surface area contributed by atoms with Gasteiger partial charge in [-0.2, -0.15) is 0 Å². The number of hydrogen-bond donors (Lipinski definition) is 0. The molecule has 0 radical (unpaired) electrons. The highest BCUT2D eigenvalue weighted by Gasteiger charge is 2.22. The molecule has 2 rings (SSSR count). The third-order valence-electron chi connectivity index (χ3n) is 2.04. The Kier molecular flexibility index (Phi) is 2.42. The number of hydrogen-bond acceptors (Lipinski definition) is 1. The van der Waals surface area contributed by atoms with E-state index in [9.17, 15) is 0 Å². The van der Waals surface area contributed by atoms with E-state index in [4.69, 9.17) is 4.74 Å². The molecule has 12 heavy (non-hydrogen) atoms. The molecule has 0 aliphatic carbocycles. The molecular weight excluding hydrogens is 284 g/mol. The summed E-state index contributed by atoms with van der Waals surface area (Å²) in [5.74, 6) is 1.54. The van der Waals surface area contributed by atoms with Crippen LogP contribution < -0.4 is 4.74 Å². The number of ether oxygens (including phenoxy) is 1. The highest BCUT2D eigenvalue weighted by molar-refractivity contribution is 9.10. The zero-order valence-electron chi connectivity index (χ0n) is 6.39. The summed E-state index contributed by atoms with van der Waals surface area (Å²) in [5.41, 5.74) is 1.31. The SMILES string of the molecule is BrCC1COc2ccc(Br)cc21. The second-order valence-corrected chi connectivity index (χ2v) is 4.41. The van der Waals surface area contributed by atoms with Crippen LogP contribution in [-0.4, -0.2) is 11.9 Å². The van der Waals surface area contributed by atoms with E-state index >= 15 is 0 Å². The first-order chi connectivity index (χ1) is 5.81. The van der Waals surface area contributed by atoms with Gasteiger partial charge in [-0.3, -0.25) is 0 Å². The van der Waals surface area contributed by atoms with Crippen LogP contribution in [0.15, 0.2) is 22.7 Å². The number of benzene rings is 1. The minimum atomic E-state index is 0.512. The highest BCUT2D eigenvalue weighted by atomic mass is 79.9. The Morgan fingerprint density at radius 2 is 2.33 bits per heavy atom. The molecule has 3 heteroatoms. The van der Waals surface area contributed by atoms with Crippen LogP contribution in [-0.2, 0) is 0 Å². The molecule has 1 unspecified atom stereocenters. The summed E-state index contributed by atoms with van der Waals surface area (Å²) in [5, 5.41) is 0.969. The molecule has 0 bridgehead atoms. The molecule has 0 amide bonds. The quantitative estimate of drug-likeness (QED) is 0.721. The van der Waals surface area contributed by atoms with Gasteiger partial charge in [-0.05, 0) is 18.2 Å². The number of halogens is 2. The Labute approximate surface area is 88.4 Å². The van der Waals surface area contributed by atoms with Gasteiger partial charge in [0, 0.05) is 21.3 Å². The van der Waals surface area contributed by atoms with E-state index in [0.717, 1.165) is 22.2 Å². The van der Waals surface area contributed by atoms with Crippen molar-refractivity contribution in [1.82, 2.24) is 0 Å². The van der Waals surface area contributed by atoms with Crippen LogP contribution in [0.1, 0.15) is 11.5 Å². The highest BCUT2D eigenvalue weighted by Crippen LogP contribution is 2.36. The van der Waals surface area contributed by atoms with Crippen molar-refractivity contribution in [2.24, 2.45) is 0 Å². The van der Waals surface area contributed by atoms with Crippen LogP contribution >= 0.6 is 31.9 Å². The molecule has 0 fully saturated rings. The van der Waals surface area contributed by atoms with Gasteiger partial charge in [0.25, 0.3) is 0 Å². The van der Waals surface area contributed by atoms with Gasteiger partial charge in [-0.1, -0.05) is 31.9 Å². The van der Waals surface area contributed by atoms with Gasteiger partial charge in [0.15, 0.2) is 0 Å². The van der Waals surface area contributed by atoms with Crippen molar-refractivity contribution in [3.05, 3.63) is 28.2 Å². The number of fused-ring (bicyclic) bond motifs is 1. The minimum Gasteiger partial charge on any atom is -0.493 e. The predicted molar refractivity (Wildman–Crippen MR) is 56.2 cm³/mol. The average Bonchev–Trinajstić information content (AvgIpc) is 2.46. The van der Waals surface area contributed by atoms with Crippen molar-refractivity contribution in [1.29, 1.82) is 0 Å². The summed E-state index contributed by atoms with van der Waals surface area (Å²) in [6.07, 6.45) is 0. The lowest BCUT2D eigenvalue weighted by Gasteiger charge is -2.02. The Bertz CT molecular complexity index is 299. The van der Waals surface area contributed by atoms with Gasteiger partial charge in [-0.15, -0.1) is 0 Å². The smallest absolute Gasteiger partial charge is 0.123 e. The zero-order valence-corrected chi connectivity index (χ0v) is 9.56. The molecule has 64 valence electrons. The second-order valence-electron chi connectivity index (χ2n) is 2.84. The third-order valence-corrected chi connectivity index (χ3v) is 3.31. The van der Waals surface area contributed by atoms with E-state index in [-0.39, 0.29) is 0 Å². The summed E-state index contributed by atoms with van der Waals surface area (Å²) >= 11 is 6.93. The monoisotopic (exact) mass is 290 g/mol. The molecule has 1 aliphatic heterocycles. The van der Waals surface area contributed by atoms with E-state index < -0.39 is 0 Å². The molecule has 1 heterocycles. The van der Waals surface area contributed by atoms with Gasteiger partial charge in [0.1, 0.15) is 5.75 Å². The maximum absolute atomic E-state index is 5.51. The fourth-order valence-electron chi connectivity index (χ4n) is 1.38. The van der Waals surface area contributed by atoms with Crippen molar-refractivity contribution in [2.45, 2.75) is 5.92 Å². The molecule has 0 aromatic heterocycles.